The summed E-state index contributed by atoms with van der Waals surface area (Å²) in [4.78, 5) is 11.5. The van der Waals surface area contributed by atoms with Crippen LogP contribution in [0.4, 0.5) is 5.69 Å². The highest BCUT2D eigenvalue weighted by Crippen LogP contribution is 2.15. The Bertz CT molecular complexity index is 341. The van der Waals surface area contributed by atoms with Crippen molar-refractivity contribution in [3.63, 3.8) is 0 Å². The fourth-order valence-corrected chi connectivity index (χ4v) is 1.82. The summed E-state index contributed by atoms with van der Waals surface area (Å²) in [5.41, 5.74) is 6.13. The molecule has 0 bridgehead atoms. The van der Waals surface area contributed by atoms with Crippen LogP contribution in [0.15, 0.2) is 24.3 Å². The van der Waals surface area contributed by atoms with Crippen LogP contribution >= 0.6 is 11.8 Å². The van der Waals surface area contributed by atoms with E-state index in [0.29, 0.717) is 18.9 Å². The first-order chi connectivity index (χ1) is 8.26. The third-order valence-corrected chi connectivity index (χ3v) is 2.94. The van der Waals surface area contributed by atoms with E-state index in [0.717, 1.165) is 17.2 Å². The molecular weight excluding hydrogens is 236 g/mol. The van der Waals surface area contributed by atoms with Gasteiger partial charge in [0.15, 0.2) is 0 Å². The highest BCUT2D eigenvalue weighted by atomic mass is 32.2. The Balaban J connectivity index is 2.37. The lowest BCUT2D eigenvalue weighted by molar-refractivity contribution is -0.113. The lowest BCUT2D eigenvalue weighted by atomic mass is 10.3. The van der Waals surface area contributed by atoms with Crippen LogP contribution < -0.4 is 15.8 Å². The highest BCUT2D eigenvalue weighted by Gasteiger charge is 2.02. The molecule has 0 heterocycles. The number of hydrogen-bond donors (Lipinski definition) is 2. The van der Waals surface area contributed by atoms with Crippen molar-refractivity contribution >= 4 is 23.4 Å². The summed E-state index contributed by atoms with van der Waals surface area (Å²) in [6, 6.07) is 7.34. The molecule has 0 aliphatic heterocycles. The maximum atomic E-state index is 11.5. The van der Waals surface area contributed by atoms with Gasteiger partial charge in [-0.3, -0.25) is 4.79 Å². The van der Waals surface area contributed by atoms with Gasteiger partial charge in [-0.2, -0.15) is 11.8 Å². The number of thioether (sulfide) groups is 1. The van der Waals surface area contributed by atoms with E-state index in [-0.39, 0.29) is 5.91 Å². The molecule has 1 aromatic rings. The van der Waals surface area contributed by atoms with Crippen molar-refractivity contribution < 1.29 is 9.53 Å². The number of carbonyl (C=O) groups excluding carboxylic acids is 1. The zero-order valence-electron chi connectivity index (χ0n) is 9.94. The summed E-state index contributed by atoms with van der Waals surface area (Å²) >= 11 is 1.53. The summed E-state index contributed by atoms with van der Waals surface area (Å²) in [7, 11) is 0. The van der Waals surface area contributed by atoms with E-state index < -0.39 is 0 Å². The van der Waals surface area contributed by atoms with Gasteiger partial charge in [0.05, 0.1) is 12.4 Å². The Kier molecular flexibility index (Phi) is 6.50. The van der Waals surface area contributed by atoms with E-state index in [9.17, 15) is 4.79 Å². The molecule has 0 saturated heterocycles. The topological polar surface area (TPSA) is 64.3 Å². The van der Waals surface area contributed by atoms with Gasteiger partial charge in [0, 0.05) is 18.0 Å². The van der Waals surface area contributed by atoms with Crippen molar-refractivity contribution in [1.29, 1.82) is 0 Å². The van der Waals surface area contributed by atoms with E-state index in [4.69, 9.17) is 10.5 Å². The molecule has 17 heavy (non-hydrogen) atoms. The fourth-order valence-electron chi connectivity index (χ4n) is 1.25. The molecule has 5 heteroatoms. The van der Waals surface area contributed by atoms with Crippen molar-refractivity contribution in [2.45, 2.75) is 6.92 Å². The van der Waals surface area contributed by atoms with Gasteiger partial charge in [-0.05, 0) is 31.2 Å². The lowest BCUT2D eigenvalue weighted by Crippen LogP contribution is -2.15. The van der Waals surface area contributed by atoms with Crippen LogP contribution in [0.2, 0.25) is 0 Å². The van der Waals surface area contributed by atoms with E-state index in [1.54, 1.807) is 0 Å². The van der Waals surface area contributed by atoms with E-state index in [2.05, 4.69) is 5.32 Å². The van der Waals surface area contributed by atoms with Crippen LogP contribution in [0.1, 0.15) is 6.92 Å². The summed E-state index contributed by atoms with van der Waals surface area (Å²) in [5, 5.41) is 2.81. The predicted molar refractivity (Wildman–Crippen MR) is 72.6 cm³/mol. The average Bonchev–Trinajstić information content (AvgIpc) is 2.32. The highest BCUT2D eigenvalue weighted by molar-refractivity contribution is 7.99. The van der Waals surface area contributed by atoms with Gasteiger partial charge in [0.2, 0.25) is 5.91 Å². The predicted octanol–water partition coefficient (Wildman–Crippen LogP) is 1.72. The minimum atomic E-state index is -0.00684. The zero-order valence-corrected chi connectivity index (χ0v) is 10.8. The molecule has 1 rings (SSSR count). The van der Waals surface area contributed by atoms with Crippen molar-refractivity contribution in [1.82, 2.24) is 0 Å². The maximum Gasteiger partial charge on any atom is 0.234 e. The molecule has 0 saturated carbocycles. The number of hydrogen-bond acceptors (Lipinski definition) is 4. The molecule has 0 spiro atoms. The zero-order chi connectivity index (χ0) is 12.5. The van der Waals surface area contributed by atoms with Gasteiger partial charge in [0.25, 0.3) is 0 Å². The van der Waals surface area contributed by atoms with E-state index >= 15 is 0 Å². The van der Waals surface area contributed by atoms with Gasteiger partial charge in [-0.25, -0.2) is 0 Å². The Morgan fingerprint density at radius 2 is 2.12 bits per heavy atom. The van der Waals surface area contributed by atoms with Crippen molar-refractivity contribution in [3.8, 4) is 5.75 Å². The van der Waals surface area contributed by atoms with Gasteiger partial charge < -0.3 is 15.8 Å². The largest absolute Gasteiger partial charge is 0.494 e. The molecule has 0 atom stereocenters. The third-order valence-electron chi connectivity index (χ3n) is 1.94. The Morgan fingerprint density at radius 3 is 2.71 bits per heavy atom. The van der Waals surface area contributed by atoms with Gasteiger partial charge in [0.1, 0.15) is 5.75 Å². The Hall–Kier alpha value is -1.20. The number of ether oxygens (including phenoxy) is 1. The molecule has 4 nitrogen and oxygen atoms in total. The number of carbonyl (C=O) groups is 1. The maximum absolute atomic E-state index is 11.5. The minimum absolute atomic E-state index is 0.00684. The fraction of sp³-hybridized carbons (Fsp3) is 0.417. The monoisotopic (exact) mass is 254 g/mol. The van der Waals surface area contributed by atoms with Crippen LogP contribution in [0.25, 0.3) is 0 Å². The molecule has 0 aliphatic rings. The number of benzene rings is 1. The lowest BCUT2D eigenvalue weighted by Gasteiger charge is -2.06. The van der Waals surface area contributed by atoms with Crippen molar-refractivity contribution in [2.75, 3.05) is 30.0 Å². The molecule has 0 unspecified atom stereocenters. The summed E-state index contributed by atoms with van der Waals surface area (Å²) in [6.45, 7) is 3.17. The second-order valence-electron chi connectivity index (χ2n) is 3.35. The van der Waals surface area contributed by atoms with Crippen LogP contribution in [0.3, 0.4) is 0 Å². The summed E-state index contributed by atoms with van der Waals surface area (Å²) in [5.74, 6) is 2.04. The quantitative estimate of drug-likeness (QED) is 0.727. The number of nitrogens with two attached hydrogens (primary N) is 1. The molecular formula is C12H18N2O2S. The number of amides is 1. The van der Waals surface area contributed by atoms with Crippen LogP contribution in [-0.2, 0) is 4.79 Å². The van der Waals surface area contributed by atoms with E-state index in [1.807, 2.05) is 31.2 Å². The van der Waals surface area contributed by atoms with Crippen LogP contribution in [0.5, 0.6) is 5.75 Å². The molecule has 0 aromatic heterocycles. The summed E-state index contributed by atoms with van der Waals surface area (Å²) < 4.78 is 5.31. The molecule has 3 N–H and O–H groups in total. The Labute approximate surface area is 106 Å². The second kappa shape index (κ2) is 7.97. The van der Waals surface area contributed by atoms with Crippen LogP contribution in [-0.4, -0.2) is 30.6 Å². The van der Waals surface area contributed by atoms with E-state index in [1.165, 1.54) is 11.8 Å². The number of rotatable bonds is 7. The standard InChI is InChI=1S/C12H18N2O2S/c1-2-16-11-5-3-10(4-6-11)14-12(15)9-17-8-7-13/h3-6H,2,7-9,13H2,1H3,(H,14,15). The van der Waals surface area contributed by atoms with Gasteiger partial charge >= 0.3 is 0 Å². The van der Waals surface area contributed by atoms with Gasteiger partial charge in [-0.15, -0.1) is 0 Å². The smallest absolute Gasteiger partial charge is 0.234 e. The second-order valence-corrected chi connectivity index (χ2v) is 4.45. The first-order valence-corrected chi connectivity index (χ1v) is 6.72. The molecule has 1 aromatic carbocycles. The molecule has 0 radical (unpaired) electrons. The van der Waals surface area contributed by atoms with Crippen molar-refractivity contribution in [3.05, 3.63) is 24.3 Å². The molecule has 1 amide bonds. The number of nitrogens with one attached hydrogen (secondary N) is 1. The summed E-state index contributed by atoms with van der Waals surface area (Å²) in [6.07, 6.45) is 0. The van der Waals surface area contributed by atoms with Gasteiger partial charge in [-0.1, -0.05) is 0 Å². The SMILES string of the molecule is CCOc1ccc(NC(=O)CSCCN)cc1. The van der Waals surface area contributed by atoms with Crippen LogP contribution in [0, 0.1) is 0 Å². The first-order valence-electron chi connectivity index (χ1n) is 5.56. The Morgan fingerprint density at radius 1 is 1.41 bits per heavy atom. The normalized spacial score (nSPS) is 10.0. The molecule has 0 aliphatic carbocycles. The minimum Gasteiger partial charge on any atom is -0.494 e. The average molecular weight is 254 g/mol. The molecule has 0 fully saturated rings. The van der Waals surface area contributed by atoms with Crippen molar-refractivity contribution in [2.24, 2.45) is 5.73 Å². The molecule has 94 valence electrons. The first kappa shape index (κ1) is 13.9. The number of anilines is 1. The third kappa shape index (κ3) is 5.60.